The number of methoxy groups -OCH3 is 1. The van der Waals surface area contributed by atoms with Crippen LogP contribution in [0.1, 0.15) is 43.2 Å². The number of carboxylic acids is 1. The van der Waals surface area contributed by atoms with Crippen LogP contribution in [0, 0.1) is 5.92 Å². The molecule has 0 fully saturated rings. The van der Waals surface area contributed by atoms with Gasteiger partial charge in [-0.05, 0) is 24.5 Å². The average molecular weight is 294 g/mol. The maximum atomic E-state index is 11.3. The third-order valence-electron chi connectivity index (χ3n) is 3.09. The molecule has 0 aliphatic carbocycles. The number of nitrogens with zero attached hydrogens (tertiary/aromatic N) is 2. The van der Waals surface area contributed by atoms with Crippen LogP contribution in [0.4, 0.5) is 5.82 Å². The van der Waals surface area contributed by atoms with Gasteiger partial charge in [0.05, 0.1) is 12.2 Å². The SMILES string of the molecule is CCCc1cc(C(=O)O)cc(N(CCOC)CC(C)C)n1. The summed E-state index contributed by atoms with van der Waals surface area (Å²) in [4.78, 5) is 18.0. The van der Waals surface area contributed by atoms with Crippen LogP contribution in [-0.4, -0.2) is 42.9 Å². The molecule has 0 bridgehead atoms. The first-order valence-corrected chi connectivity index (χ1v) is 7.46. The second kappa shape index (κ2) is 8.62. The number of carbonyl (C=O) groups is 1. The molecule has 0 spiro atoms. The number of rotatable bonds is 9. The lowest BCUT2D eigenvalue weighted by atomic mass is 10.1. The van der Waals surface area contributed by atoms with E-state index in [9.17, 15) is 9.90 Å². The van der Waals surface area contributed by atoms with Gasteiger partial charge >= 0.3 is 5.97 Å². The first-order valence-electron chi connectivity index (χ1n) is 7.46. The van der Waals surface area contributed by atoms with Gasteiger partial charge in [0, 0.05) is 25.9 Å². The number of ether oxygens (including phenoxy) is 1. The highest BCUT2D eigenvalue weighted by molar-refractivity contribution is 5.88. The van der Waals surface area contributed by atoms with Crippen LogP contribution in [-0.2, 0) is 11.2 Å². The maximum Gasteiger partial charge on any atom is 0.335 e. The van der Waals surface area contributed by atoms with E-state index in [1.807, 2.05) is 0 Å². The van der Waals surface area contributed by atoms with Crippen molar-refractivity contribution < 1.29 is 14.6 Å². The number of aryl methyl sites for hydroxylation is 1. The highest BCUT2D eigenvalue weighted by Gasteiger charge is 2.14. The molecule has 5 nitrogen and oxygen atoms in total. The minimum absolute atomic E-state index is 0.301. The molecule has 0 atom stereocenters. The molecular formula is C16H26N2O3. The van der Waals surface area contributed by atoms with E-state index in [1.165, 1.54) is 0 Å². The van der Waals surface area contributed by atoms with Crippen LogP contribution in [0.2, 0.25) is 0 Å². The molecule has 0 amide bonds. The molecule has 21 heavy (non-hydrogen) atoms. The van der Waals surface area contributed by atoms with Crippen LogP contribution in [0.25, 0.3) is 0 Å². The molecule has 0 radical (unpaired) electrons. The highest BCUT2D eigenvalue weighted by atomic mass is 16.5. The second-order valence-corrected chi connectivity index (χ2v) is 5.59. The molecular weight excluding hydrogens is 268 g/mol. The largest absolute Gasteiger partial charge is 0.478 e. The zero-order valence-electron chi connectivity index (χ0n) is 13.4. The molecule has 0 aliphatic heterocycles. The van der Waals surface area contributed by atoms with E-state index in [0.29, 0.717) is 24.6 Å². The molecule has 1 aromatic heterocycles. The molecule has 1 heterocycles. The Hall–Kier alpha value is -1.62. The van der Waals surface area contributed by atoms with Crippen LogP contribution >= 0.6 is 0 Å². The third kappa shape index (κ3) is 5.71. The lowest BCUT2D eigenvalue weighted by molar-refractivity contribution is 0.0696. The number of hydrogen-bond acceptors (Lipinski definition) is 4. The molecule has 118 valence electrons. The summed E-state index contributed by atoms with van der Waals surface area (Å²) in [6.07, 6.45) is 1.73. The van der Waals surface area contributed by atoms with Crippen molar-refractivity contribution in [3.8, 4) is 0 Å². The third-order valence-corrected chi connectivity index (χ3v) is 3.09. The summed E-state index contributed by atoms with van der Waals surface area (Å²) in [6, 6.07) is 3.32. The summed E-state index contributed by atoms with van der Waals surface area (Å²) in [6.45, 7) is 8.45. The van der Waals surface area contributed by atoms with Gasteiger partial charge in [0.1, 0.15) is 5.82 Å². The van der Waals surface area contributed by atoms with Gasteiger partial charge in [0.25, 0.3) is 0 Å². The number of aromatic nitrogens is 1. The number of anilines is 1. The minimum Gasteiger partial charge on any atom is -0.478 e. The van der Waals surface area contributed by atoms with Crippen molar-refractivity contribution in [1.82, 2.24) is 4.98 Å². The van der Waals surface area contributed by atoms with Gasteiger partial charge in [-0.15, -0.1) is 0 Å². The van der Waals surface area contributed by atoms with Crippen molar-refractivity contribution in [3.63, 3.8) is 0 Å². The summed E-state index contributed by atoms with van der Waals surface area (Å²) in [5, 5.41) is 9.27. The molecule has 1 rings (SSSR count). The van der Waals surface area contributed by atoms with E-state index in [0.717, 1.165) is 30.9 Å². The summed E-state index contributed by atoms with van der Waals surface area (Å²) >= 11 is 0. The van der Waals surface area contributed by atoms with Crippen molar-refractivity contribution >= 4 is 11.8 Å². The summed E-state index contributed by atoms with van der Waals surface area (Å²) in [5.41, 5.74) is 1.13. The van der Waals surface area contributed by atoms with E-state index >= 15 is 0 Å². The van der Waals surface area contributed by atoms with Crippen molar-refractivity contribution in [2.75, 3.05) is 31.7 Å². The first kappa shape index (κ1) is 17.4. The van der Waals surface area contributed by atoms with E-state index in [2.05, 4.69) is 30.7 Å². The van der Waals surface area contributed by atoms with Crippen LogP contribution in [0.5, 0.6) is 0 Å². The van der Waals surface area contributed by atoms with E-state index in [4.69, 9.17) is 4.74 Å². The van der Waals surface area contributed by atoms with Gasteiger partial charge in [-0.2, -0.15) is 0 Å². The molecule has 1 N–H and O–H groups in total. The quantitative estimate of drug-likeness (QED) is 0.759. The lowest BCUT2D eigenvalue weighted by Crippen LogP contribution is -2.32. The second-order valence-electron chi connectivity index (χ2n) is 5.59. The zero-order chi connectivity index (χ0) is 15.8. The molecule has 0 saturated carbocycles. The zero-order valence-corrected chi connectivity index (χ0v) is 13.4. The standard InChI is InChI=1S/C16H26N2O3/c1-5-6-14-9-13(16(19)20)10-15(17-14)18(7-8-21-4)11-12(2)3/h9-10,12H,5-8,11H2,1-4H3,(H,19,20). The normalized spacial score (nSPS) is 10.9. The van der Waals surface area contributed by atoms with E-state index in [1.54, 1.807) is 19.2 Å². The van der Waals surface area contributed by atoms with Crippen LogP contribution < -0.4 is 4.90 Å². The fourth-order valence-electron chi connectivity index (χ4n) is 2.18. The number of carboxylic acid groups (broad SMARTS) is 1. The van der Waals surface area contributed by atoms with Gasteiger partial charge in [-0.3, -0.25) is 0 Å². The van der Waals surface area contributed by atoms with Crippen molar-refractivity contribution in [3.05, 3.63) is 23.4 Å². The van der Waals surface area contributed by atoms with Crippen molar-refractivity contribution in [2.45, 2.75) is 33.6 Å². The number of pyridine rings is 1. The van der Waals surface area contributed by atoms with Crippen LogP contribution in [0.3, 0.4) is 0 Å². The number of hydrogen-bond donors (Lipinski definition) is 1. The topological polar surface area (TPSA) is 62.7 Å². The molecule has 0 unspecified atom stereocenters. The van der Waals surface area contributed by atoms with Crippen molar-refractivity contribution in [2.24, 2.45) is 5.92 Å². The predicted molar refractivity (Wildman–Crippen MR) is 84.1 cm³/mol. The maximum absolute atomic E-state index is 11.3. The summed E-state index contributed by atoms with van der Waals surface area (Å²) < 4.78 is 5.15. The van der Waals surface area contributed by atoms with Crippen LogP contribution in [0.15, 0.2) is 12.1 Å². The van der Waals surface area contributed by atoms with Gasteiger partial charge in [-0.1, -0.05) is 27.2 Å². The first-order chi connectivity index (χ1) is 9.97. The number of aromatic carboxylic acids is 1. The van der Waals surface area contributed by atoms with Gasteiger partial charge in [-0.25, -0.2) is 9.78 Å². The van der Waals surface area contributed by atoms with Gasteiger partial charge in [0.15, 0.2) is 0 Å². The average Bonchev–Trinajstić information content (AvgIpc) is 2.43. The summed E-state index contributed by atoms with van der Waals surface area (Å²) in [5.74, 6) is 0.281. The Morgan fingerprint density at radius 3 is 2.67 bits per heavy atom. The fourth-order valence-corrected chi connectivity index (χ4v) is 2.18. The Bertz CT molecular complexity index is 461. The predicted octanol–water partition coefficient (Wildman–Crippen LogP) is 2.84. The molecule has 0 saturated heterocycles. The Kier molecular flexibility index (Phi) is 7.15. The summed E-state index contributed by atoms with van der Waals surface area (Å²) in [7, 11) is 1.66. The lowest BCUT2D eigenvalue weighted by Gasteiger charge is -2.26. The monoisotopic (exact) mass is 294 g/mol. The highest BCUT2D eigenvalue weighted by Crippen LogP contribution is 2.18. The van der Waals surface area contributed by atoms with Crippen molar-refractivity contribution in [1.29, 1.82) is 0 Å². The molecule has 0 aromatic carbocycles. The van der Waals surface area contributed by atoms with E-state index in [-0.39, 0.29) is 0 Å². The van der Waals surface area contributed by atoms with Gasteiger partial charge < -0.3 is 14.7 Å². The Balaban J connectivity index is 3.11. The van der Waals surface area contributed by atoms with E-state index < -0.39 is 5.97 Å². The molecule has 1 aromatic rings. The molecule has 0 aliphatic rings. The molecule has 5 heteroatoms. The van der Waals surface area contributed by atoms with Gasteiger partial charge in [0.2, 0.25) is 0 Å². The smallest absolute Gasteiger partial charge is 0.335 e. The minimum atomic E-state index is -0.910. The Labute approximate surface area is 126 Å². The Morgan fingerprint density at radius 1 is 1.43 bits per heavy atom. The Morgan fingerprint density at radius 2 is 2.14 bits per heavy atom. The fraction of sp³-hybridized carbons (Fsp3) is 0.625.